The van der Waals surface area contributed by atoms with Gasteiger partial charge in [-0.1, -0.05) is 0 Å². The van der Waals surface area contributed by atoms with Crippen molar-refractivity contribution in [3.63, 3.8) is 0 Å². The molecule has 1 heteroatoms. The van der Waals surface area contributed by atoms with E-state index in [0.717, 1.165) is 0 Å². The first kappa shape index (κ1) is 7.10. The van der Waals surface area contributed by atoms with Gasteiger partial charge in [0.15, 0.2) is 0 Å². The van der Waals surface area contributed by atoms with E-state index in [2.05, 4.69) is 13.2 Å². The van der Waals surface area contributed by atoms with Crippen LogP contribution in [0.25, 0.3) is 0 Å². The van der Waals surface area contributed by atoms with Crippen LogP contribution in [0.1, 0.15) is 0 Å². The van der Waals surface area contributed by atoms with Crippen molar-refractivity contribution in [1.82, 2.24) is 0 Å². The van der Waals surface area contributed by atoms with Gasteiger partial charge >= 0.3 is 52.5 Å². The van der Waals surface area contributed by atoms with Gasteiger partial charge in [0.05, 0.1) is 0 Å². The van der Waals surface area contributed by atoms with E-state index in [9.17, 15) is 0 Å². The molecule has 0 radical (unpaired) electrons. The van der Waals surface area contributed by atoms with Crippen LogP contribution < -0.4 is 0 Å². The Morgan fingerprint density at radius 2 is 1.57 bits per heavy atom. The third-order valence-corrected chi connectivity index (χ3v) is 4.24. The summed E-state index contributed by atoms with van der Waals surface area (Å²) in [5, 5.41) is 2.61. The summed E-state index contributed by atoms with van der Waals surface area (Å²) in [6.07, 6.45) is 4.03. The van der Waals surface area contributed by atoms with Gasteiger partial charge in [0.1, 0.15) is 0 Å². The summed E-state index contributed by atoms with van der Waals surface area (Å²) in [4.78, 5) is 0. The van der Waals surface area contributed by atoms with E-state index < -0.39 is 0 Å². The first-order chi connectivity index (χ1) is 3.41. The average molecular weight is 148 g/mol. The second-order valence-corrected chi connectivity index (χ2v) is 5.41. The third-order valence-electron chi connectivity index (χ3n) is 0.816. The normalized spacial score (nSPS) is 6.86. The Bertz CT molecular complexity index is 49.2. The van der Waals surface area contributed by atoms with Crippen molar-refractivity contribution in [3.8, 4) is 0 Å². The van der Waals surface area contributed by atoms with Crippen molar-refractivity contribution in [2.45, 2.75) is 10.0 Å². The first-order valence-corrected chi connectivity index (χ1v) is 6.83. The van der Waals surface area contributed by atoms with Crippen LogP contribution in [0.4, 0.5) is 0 Å². The van der Waals surface area contributed by atoms with Crippen LogP contribution >= 0.6 is 0 Å². The van der Waals surface area contributed by atoms with E-state index in [1.807, 2.05) is 12.2 Å². The van der Waals surface area contributed by atoms with Gasteiger partial charge in [-0.2, -0.15) is 0 Å². The number of allylic oxidation sites excluding steroid dienone is 2. The maximum atomic E-state index is 3.65. The zero-order chi connectivity index (χ0) is 5.54. The minimum absolute atomic E-state index is 0.184. The van der Waals surface area contributed by atoms with Gasteiger partial charge in [0.25, 0.3) is 0 Å². The molecule has 0 fully saturated rings. The molecule has 36 valence electrons. The Labute approximate surface area is 52.9 Å². The summed E-state index contributed by atoms with van der Waals surface area (Å²) in [6.45, 7) is 7.29. The molecule has 0 aromatic carbocycles. The van der Waals surface area contributed by atoms with Crippen molar-refractivity contribution < 1.29 is 17.1 Å². The second kappa shape index (κ2) is 6.10. The molecule has 0 nitrogen and oxygen atoms in total. The zero-order valence-corrected chi connectivity index (χ0v) is 7.66. The van der Waals surface area contributed by atoms with Crippen LogP contribution in [0.2, 0.25) is 10.0 Å². The van der Waals surface area contributed by atoms with Crippen LogP contribution in [0, 0.1) is 0 Å². The molecule has 0 aromatic rings. The van der Waals surface area contributed by atoms with Crippen LogP contribution in [0.15, 0.2) is 25.3 Å². The summed E-state index contributed by atoms with van der Waals surface area (Å²) in [5.74, 6) is 0. The summed E-state index contributed by atoms with van der Waals surface area (Å²) in [7, 11) is 0. The number of rotatable bonds is 4. The molecule has 0 spiro atoms. The van der Waals surface area contributed by atoms with E-state index >= 15 is 0 Å². The Balaban J connectivity index is 2.68. The van der Waals surface area contributed by atoms with Crippen molar-refractivity contribution in [1.29, 1.82) is 0 Å². The molecule has 0 aromatic heterocycles. The Hall–Kier alpha value is 0.103. The molecule has 0 bridgehead atoms. The van der Waals surface area contributed by atoms with Gasteiger partial charge in [-0.25, -0.2) is 0 Å². The van der Waals surface area contributed by atoms with E-state index in [1.54, 1.807) is 0 Å². The molecule has 0 heterocycles. The van der Waals surface area contributed by atoms with E-state index in [0.29, 0.717) is 0 Å². The molecule has 0 rings (SSSR count). The average Bonchev–Trinajstić information content (AvgIpc) is 1.69. The van der Waals surface area contributed by atoms with Crippen LogP contribution in [0.5, 0.6) is 0 Å². The van der Waals surface area contributed by atoms with Gasteiger partial charge in [-0.15, -0.1) is 0 Å². The van der Waals surface area contributed by atoms with Gasteiger partial charge in [-0.05, 0) is 0 Å². The molecule has 7 heavy (non-hydrogen) atoms. The first-order valence-electron chi connectivity index (χ1n) is 2.63. The summed E-state index contributed by atoms with van der Waals surface area (Å²) in [6, 6.07) is 0. The van der Waals surface area contributed by atoms with Crippen molar-refractivity contribution >= 4 is 0 Å². The molecule has 0 aliphatic carbocycles. The van der Waals surface area contributed by atoms with Gasteiger partial charge in [-0.3, -0.25) is 0 Å². The number of hydrogen-bond acceptors (Lipinski definition) is 0. The van der Waals surface area contributed by atoms with Gasteiger partial charge in [0.2, 0.25) is 0 Å². The molecule has 0 unspecified atom stereocenters. The molecule has 0 N–H and O–H groups in total. The van der Waals surface area contributed by atoms with Crippen molar-refractivity contribution in [2.24, 2.45) is 0 Å². The number of hydrogen-bond donors (Lipinski definition) is 0. The quantitative estimate of drug-likeness (QED) is 0.325. The molecule has 0 amide bonds. The third kappa shape index (κ3) is 6.10. The van der Waals surface area contributed by atoms with E-state index in [4.69, 9.17) is 0 Å². The molecular weight excluding hydrogens is 137 g/mol. The molecule has 0 aliphatic rings. The molecular formula is C6H10Zn. The predicted octanol–water partition coefficient (Wildman–Crippen LogP) is 2.28. The Kier molecular flexibility index (Phi) is 6.19. The SMILES string of the molecule is C=C[CH2][Zn][CH2]C=C. The Morgan fingerprint density at radius 1 is 1.14 bits per heavy atom. The monoisotopic (exact) mass is 146 g/mol. The van der Waals surface area contributed by atoms with Crippen LogP contribution in [-0.4, -0.2) is 0 Å². The minimum atomic E-state index is -0.184. The summed E-state index contributed by atoms with van der Waals surface area (Å²) < 4.78 is 0. The summed E-state index contributed by atoms with van der Waals surface area (Å²) >= 11 is -0.184. The fourth-order valence-electron chi connectivity index (χ4n) is 0.407. The topological polar surface area (TPSA) is 0 Å². The summed E-state index contributed by atoms with van der Waals surface area (Å²) in [5.41, 5.74) is 0. The van der Waals surface area contributed by atoms with E-state index in [1.165, 1.54) is 10.0 Å². The fourth-order valence-corrected chi connectivity index (χ4v) is 2.11. The van der Waals surface area contributed by atoms with E-state index in [-0.39, 0.29) is 17.1 Å². The second-order valence-electron chi connectivity index (χ2n) is 1.51. The fraction of sp³-hybridized carbons (Fsp3) is 0.333. The van der Waals surface area contributed by atoms with Crippen molar-refractivity contribution in [2.75, 3.05) is 0 Å². The van der Waals surface area contributed by atoms with Crippen LogP contribution in [0.3, 0.4) is 0 Å². The van der Waals surface area contributed by atoms with Gasteiger partial charge in [0, 0.05) is 0 Å². The zero-order valence-electron chi connectivity index (χ0n) is 4.69. The molecule has 0 saturated heterocycles. The maximum absolute atomic E-state index is 3.65. The molecule has 0 saturated carbocycles. The predicted molar refractivity (Wildman–Crippen MR) is 30.0 cm³/mol. The van der Waals surface area contributed by atoms with Crippen molar-refractivity contribution in [3.05, 3.63) is 25.3 Å². The Morgan fingerprint density at radius 3 is 1.86 bits per heavy atom. The molecule has 0 atom stereocenters. The standard InChI is InChI=1S/2C3H5.Zn/c2*1-3-2;/h2*3H,1-2H2;. The van der Waals surface area contributed by atoms with Crippen LogP contribution in [-0.2, 0) is 17.1 Å². The van der Waals surface area contributed by atoms with Gasteiger partial charge < -0.3 is 0 Å². The molecule has 0 aliphatic heterocycles.